The summed E-state index contributed by atoms with van der Waals surface area (Å²) < 4.78 is 27.9. The van der Waals surface area contributed by atoms with Crippen LogP contribution in [0.2, 0.25) is 5.02 Å². The number of benzene rings is 2. The van der Waals surface area contributed by atoms with Crippen LogP contribution in [-0.2, 0) is 14.3 Å². The number of carbonyl (C=O) groups excluding carboxylic acids is 2. The summed E-state index contributed by atoms with van der Waals surface area (Å²) in [7, 11) is 0. The number of esters is 1. The molecule has 4 rings (SSSR count). The van der Waals surface area contributed by atoms with Crippen molar-refractivity contribution in [3.8, 4) is 34.3 Å². The molecule has 10 nitrogen and oxygen atoms in total. The quantitative estimate of drug-likeness (QED) is 0.184. The summed E-state index contributed by atoms with van der Waals surface area (Å²) in [5.74, 6) is 1.69. The molecule has 0 N–H and O–H groups in total. The number of hydrogen-bond acceptors (Lipinski definition) is 9. The number of nitrogens with zero attached hydrogens (tertiary/aromatic N) is 3. The van der Waals surface area contributed by atoms with Gasteiger partial charge in [-0.2, -0.15) is 4.98 Å². The van der Waals surface area contributed by atoms with Gasteiger partial charge in [0.05, 0.1) is 41.6 Å². The summed E-state index contributed by atoms with van der Waals surface area (Å²) in [5.41, 5.74) is 1.99. The molecule has 3 aromatic rings. The van der Waals surface area contributed by atoms with E-state index >= 15 is 0 Å². The van der Waals surface area contributed by atoms with E-state index in [-0.39, 0.29) is 43.3 Å². The van der Waals surface area contributed by atoms with Crippen molar-refractivity contribution < 1.29 is 33.1 Å². The van der Waals surface area contributed by atoms with Crippen molar-refractivity contribution in [1.29, 1.82) is 0 Å². The van der Waals surface area contributed by atoms with Crippen LogP contribution in [0.1, 0.15) is 58.6 Å². The van der Waals surface area contributed by atoms with E-state index in [4.69, 9.17) is 35.1 Å². The Morgan fingerprint density at radius 3 is 2.76 bits per heavy atom. The highest BCUT2D eigenvalue weighted by Crippen LogP contribution is 2.42. The number of halogens is 1. The lowest BCUT2D eigenvalue weighted by atomic mass is 9.96. The van der Waals surface area contributed by atoms with Gasteiger partial charge in [0.15, 0.2) is 0 Å². The molecule has 0 bridgehead atoms. The van der Waals surface area contributed by atoms with Gasteiger partial charge in [-0.3, -0.25) is 9.69 Å². The van der Waals surface area contributed by atoms with Crippen molar-refractivity contribution in [2.75, 3.05) is 19.8 Å². The molecule has 1 atom stereocenters. The first-order valence-corrected chi connectivity index (χ1v) is 13.9. The average Bonchev–Trinajstić information content (AvgIpc) is 3.33. The van der Waals surface area contributed by atoms with Crippen LogP contribution < -0.4 is 9.47 Å². The number of aromatic nitrogens is 2. The van der Waals surface area contributed by atoms with Crippen LogP contribution in [-0.4, -0.2) is 53.0 Å². The first kappa shape index (κ1) is 29.9. The fraction of sp³-hybridized carbons (Fsp3) is 0.400. The lowest BCUT2D eigenvalue weighted by molar-refractivity contribution is -0.143. The van der Waals surface area contributed by atoms with Gasteiger partial charge in [0.1, 0.15) is 18.1 Å². The smallest absolute Gasteiger partial charge is 0.415 e. The van der Waals surface area contributed by atoms with Crippen LogP contribution >= 0.6 is 11.6 Å². The van der Waals surface area contributed by atoms with Gasteiger partial charge < -0.3 is 23.5 Å². The molecule has 0 fully saturated rings. The van der Waals surface area contributed by atoms with Gasteiger partial charge in [0.25, 0.3) is 5.89 Å². The number of hydrogen-bond donors (Lipinski definition) is 0. The molecule has 2 aromatic carbocycles. The summed E-state index contributed by atoms with van der Waals surface area (Å²) in [6.07, 6.45) is 0.637. The number of ether oxygens (including phenoxy) is 4. The van der Waals surface area contributed by atoms with Gasteiger partial charge in [-0.1, -0.05) is 35.5 Å². The second-order valence-electron chi connectivity index (χ2n) is 9.78. The Balaban J connectivity index is 1.66. The van der Waals surface area contributed by atoms with Crippen LogP contribution in [0.3, 0.4) is 0 Å². The van der Waals surface area contributed by atoms with Crippen molar-refractivity contribution >= 4 is 23.7 Å². The Morgan fingerprint density at radius 2 is 2.05 bits per heavy atom. The van der Waals surface area contributed by atoms with E-state index in [1.807, 2.05) is 32.0 Å². The zero-order chi connectivity index (χ0) is 29.5. The molecule has 0 aliphatic carbocycles. The normalized spacial score (nSPS) is 14.6. The number of rotatable bonds is 10. The van der Waals surface area contributed by atoms with Crippen molar-refractivity contribution in [3.63, 3.8) is 0 Å². The minimum Gasteiger partial charge on any atom is -0.491 e. The lowest BCUT2D eigenvalue weighted by Crippen LogP contribution is -2.36. The van der Waals surface area contributed by atoms with Crippen molar-refractivity contribution in [1.82, 2.24) is 15.0 Å². The van der Waals surface area contributed by atoms with E-state index in [0.717, 1.165) is 5.56 Å². The zero-order valence-electron chi connectivity index (χ0n) is 23.6. The second kappa shape index (κ2) is 13.5. The molecule has 1 aliphatic rings. The zero-order valence-corrected chi connectivity index (χ0v) is 24.4. The molecule has 0 saturated carbocycles. The molecular formula is C30H34ClN3O7. The van der Waals surface area contributed by atoms with Gasteiger partial charge in [-0.15, -0.1) is 0 Å². The number of amides is 1. The summed E-state index contributed by atoms with van der Waals surface area (Å²) in [6.45, 7) is 11.7. The Bertz CT molecular complexity index is 1400. The largest absolute Gasteiger partial charge is 0.491 e. The van der Waals surface area contributed by atoms with E-state index < -0.39 is 12.1 Å². The minimum absolute atomic E-state index is 0.0192. The predicted molar refractivity (Wildman–Crippen MR) is 153 cm³/mol. The first-order valence-electron chi connectivity index (χ1n) is 13.5. The van der Waals surface area contributed by atoms with Crippen molar-refractivity contribution in [2.45, 2.75) is 59.1 Å². The molecule has 41 heavy (non-hydrogen) atoms. The second-order valence-corrected chi connectivity index (χ2v) is 10.2. The van der Waals surface area contributed by atoms with Crippen LogP contribution in [0.25, 0.3) is 22.8 Å². The van der Waals surface area contributed by atoms with Gasteiger partial charge in [-0.05, 0) is 64.8 Å². The Kier molecular flexibility index (Phi) is 9.88. The third kappa shape index (κ3) is 7.38. The number of allylic oxidation sites excluding steroid dienone is 1. The fourth-order valence-electron chi connectivity index (χ4n) is 4.57. The van der Waals surface area contributed by atoms with Crippen LogP contribution in [0.5, 0.6) is 11.5 Å². The molecule has 1 amide bonds. The highest BCUT2D eigenvalue weighted by atomic mass is 35.5. The van der Waals surface area contributed by atoms with E-state index in [2.05, 4.69) is 16.7 Å². The average molecular weight is 584 g/mol. The molecule has 1 aromatic heterocycles. The third-order valence-corrected chi connectivity index (χ3v) is 6.52. The number of carbonyl (C=O) groups is 2. The predicted octanol–water partition coefficient (Wildman–Crippen LogP) is 6.98. The Hall–Kier alpha value is -4.05. The fourth-order valence-corrected chi connectivity index (χ4v) is 4.79. The summed E-state index contributed by atoms with van der Waals surface area (Å²) >= 11 is 6.41. The molecule has 11 heteroatoms. The molecular weight excluding hydrogens is 550 g/mol. The maximum absolute atomic E-state index is 13.0. The Morgan fingerprint density at radius 1 is 1.24 bits per heavy atom. The van der Waals surface area contributed by atoms with Gasteiger partial charge >= 0.3 is 12.1 Å². The maximum Gasteiger partial charge on any atom is 0.415 e. The minimum atomic E-state index is -0.538. The summed E-state index contributed by atoms with van der Waals surface area (Å²) in [5, 5.41) is 4.64. The molecule has 1 aliphatic heterocycles. The molecule has 0 saturated heterocycles. The summed E-state index contributed by atoms with van der Waals surface area (Å²) in [6, 6.07) is 10.4. The van der Waals surface area contributed by atoms with E-state index in [1.165, 1.54) is 0 Å². The van der Waals surface area contributed by atoms with Crippen molar-refractivity contribution in [3.05, 3.63) is 59.3 Å². The first-order chi connectivity index (χ1) is 19.7. The third-order valence-electron chi connectivity index (χ3n) is 6.23. The SMILES string of the molecule is C=C(C)OC(=O)N1CCOc2c(-c3noc(-c4ccc(OC(C)C)c(Cl)c4)n3)cccc2C1CCCC(=O)OCC. The van der Waals surface area contributed by atoms with E-state index in [1.54, 1.807) is 36.9 Å². The molecule has 218 valence electrons. The van der Waals surface area contributed by atoms with E-state index in [0.29, 0.717) is 52.9 Å². The number of para-hydroxylation sites is 1. The number of fused-ring (bicyclic) bond motifs is 1. The monoisotopic (exact) mass is 583 g/mol. The molecule has 2 heterocycles. The van der Waals surface area contributed by atoms with Crippen LogP contribution in [0, 0.1) is 0 Å². The van der Waals surface area contributed by atoms with Crippen LogP contribution in [0.4, 0.5) is 4.79 Å². The van der Waals surface area contributed by atoms with Gasteiger partial charge in [0.2, 0.25) is 5.82 Å². The highest BCUT2D eigenvalue weighted by Gasteiger charge is 2.33. The van der Waals surface area contributed by atoms with Gasteiger partial charge in [-0.25, -0.2) is 4.79 Å². The maximum atomic E-state index is 13.0. The lowest BCUT2D eigenvalue weighted by Gasteiger charge is -2.29. The van der Waals surface area contributed by atoms with Crippen molar-refractivity contribution in [2.24, 2.45) is 0 Å². The molecule has 1 unspecified atom stereocenters. The highest BCUT2D eigenvalue weighted by molar-refractivity contribution is 6.32. The molecule has 0 spiro atoms. The molecule has 0 radical (unpaired) electrons. The standard InChI is InChI=1S/C30H34ClN3O7/c1-6-37-26(35)12-8-11-24-21-9-7-10-22(27(21)38-16-15-34(24)30(36)40-19(4)5)28-32-29(41-33-28)20-13-14-25(23(31)17-20)39-18(2)3/h7,9-10,13-14,17-18,24H,4,6,8,11-12,15-16H2,1-3,5H3. The summed E-state index contributed by atoms with van der Waals surface area (Å²) in [4.78, 5) is 31.2. The van der Waals surface area contributed by atoms with Gasteiger partial charge in [0, 0.05) is 17.5 Å². The van der Waals surface area contributed by atoms with E-state index in [9.17, 15) is 9.59 Å². The van der Waals surface area contributed by atoms with Crippen LogP contribution in [0.15, 0.2) is 53.3 Å². The topological polar surface area (TPSA) is 113 Å². The Labute approximate surface area is 244 Å².